The molecule has 1 fully saturated rings. The molecule has 4 N–H and O–H groups in total. The minimum Gasteiger partial charge on any atom is -0.790 e. The molecule has 3 aromatic rings. The van der Waals surface area contributed by atoms with Gasteiger partial charge < -0.3 is 38.6 Å². The van der Waals surface area contributed by atoms with E-state index in [1.54, 1.807) is 30.3 Å². The molecule has 0 bridgehead atoms. The maximum absolute atomic E-state index is 12.4. The van der Waals surface area contributed by atoms with Gasteiger partial charge in [-0.1, -0.05) is 18.2 Å². The number of hydrogen-bond donors (Lipinski definition) is 4. The van der Waals surface area contributed by atoms with E-state index in [-0.39, 0.29) is 82.8 Å². The number of carbonyl (C=O) groups excluding carboxylic acids is 1. The number of nitrogens with one attached hydrogen (secondary N) is 2. The predicted octanol–water partition coefficient (Wildman–Crippen LogP) is -8.39. The van der Waals surface area contributed by atoms with Crippen LogP contribution in [-0.2, 0) is 18.6 Å². The topological polar surface area (TPSA) is 224 Å². The smallest absolute Gasteiger partial charge is 0.790 e. The Bertz CT molecular complexity index is 1290. The first-order chi connectivity index (χ1) is 16.1. The first-order valence-electron chi connectivity index (χ1n) is 9.75. The van der Waals surface area contributed by atoms with Crippen molar-refractivity contribution in [3.05, 3.63) is 47.0 Å². The van der Waals surface area contributed by atoms with Crippen LogP contribution in [0.4, 0.5) is 5.95 Å². The molecule has 1 saturated heterocycles. The van der Waals surface area contributed by atoms with Crippen LogP contribution in [0.3, 0.4) is 0 Å². The van der Waals surface area contributed by atoms with Crippen molar-refractivity contribution in [1.29, 1.82) is 0 Å². The standard InChI is InChI=1S/C18H20N5O10P.2Na/c24-11(7-31-9-4-2-1-3-5-9)20-18-21-15-12(16(27)22-18)19-8-23(15)17-14(26)13(25)10(33-17)6-32-34(28,29)30;;/h1-5,8,10,13-14,17,25-26H,6-7H2,(H2,28,29,30)(H2,20,21,22,24,27);;/q;2*+1/p-2/t10-,13-,14-,17-;;/m1../s1. The molecular formula is C18H18N5Na2O10P. The summed E-state index contributed by atoms with van der Waals surface area (Å²) in [6.07, 6.45) is -4.85. The second-order valence-electron chi connectivity index (χ2n) is 7.18. The van der Waals surface area contributed by atoms with E-state index >= 15 is 0 Å². The second-order valence-corrected chi connectivity index (χ2v) is 8.33. The van der Waals surface area contributed by atoms with Gasteiger partial charge in [0.05, 0.1) is 20.8 Å². The Morgan fingerprint density at radius 3 is 2.58 bits per heavy atom. The zero-order valence-electron chi connectivity index (χ0n) is 19.1. The minimum atomic E-state index is -5.34. The number of imidazole rings is 1. The van der Waals surface area contributed by atoms with E-state index in [1.807, 2.05) is 0 Å². The van der Waals surface area contributed by atoms with Crippen molar-refractivity contribution in [3.63, 3.8) is 0 Å². The Hall–Kier alpha value is -1.17. The van der Waals surface area contributed by atoms with E-state index in [0.717, 1.165) is 10.9 Å². The number of fused-ring (bicyclic) bond motifs is 1. The van der Waals surface area contributed by atoms with Gasteiger partial charge in [0.1, 0.15) is 24.1 Å². The summed E-state index contributed by atoms with van der Waals surface area (Å²) in [6.45, 7) is -1.20. The van der Waals surface area contributed by atoms with E-state index < -0.39 is 50.4 Å². The van der Waals surface area contributed by atoms with Crippen LogP contribution < -0.4 is 84.5 Å². The molecular weight excluding hydrogens is 523 g/mol. The molecule has 1 aliphatic heterocycles. The number of rotatable bonds is 8. The van der Waals surface area contributed by atoms with Gasteiger partial charge in [-0.25, -0.2) is 4.98 Å². The molecule has 0 unspecified atom stereocenters. The molecule has 2 aromatic heterocycles. The number of amides is 1. The first-order valence-corrected chi connectivity index (χ1v) is 11.2. The number of hydrogen-bond acceptors (Lipinski definition) is 12. The maximum atomic E-state index is 12.4. The summed E-state index contributed by atoms with van der Waals surface area (Å²) in [5, 5.41) is 22.9. The van der Waals surface area contributed by atoms with E-state index in [0.29, 0.717) is 5.75 Å². The predicted molar refractivity (Wildman–Crippen MR) is 108 cm³/mol. The normalized spacial score (nSPS) is 21.4. The van der Waals surface area contributed by atoms with Gasteiger partial charge in [0.15, 0.2) is 24.0 Å². The molecule has 3 heterocycles. The summed E-state index contributed by atoms with van der Waals surface area (Å²) in [7, 11) is -5.34. The Morgan fingerprint density at radius 1 is 1.22 bits per heavy atom. The first kappa shape index (κ1) is 31.1. The molecule has 15 nitrogen and oxygen atoms in total. The third kappa shape index (κ3) is 7.45. The van der Waals surface area contributed by atoms with Crippen molar-refractivity contribution in [2.24, 2.45) is 0 Å². The van der Waals surface area contributed by atoms with Crippen molar-refractivity contribution in [2.45, 2.75) is 24.5 Å². The van der Waals surface area contributed by atoms with Gasteiger partial charge >= 0.3 is 59.1 Å². The third-order valence-electron chi connectivity index (χ3n) is 4.81. The number of aromatic nitrogens is 4. The van der Waals surface area contributed by atoms with Crippen LogP contribution in [0.1, 0.15) is 6.23 Å². The maximum Gasteiger partial charge on any atom is 1.00 e. The van der Waals surface area contributed by atoms with Gasteiger partial charge in [-0.2, -0.15) is 4.98 Å². The van der Waals surface area contributed by atoms with Crippen molar-refractivity contribution < 1.29 is 102 Å². The van der Waals surface area contributed by atoms with Crippen LogP contribution in [-0.4, -0.2) is 67.2 Å². The van der Waals surface area contributed by atoms with Gasteiger partial charge in [-0.3, -0.25) is 24.5 Å². The Balaban J connectivity index is 0.00000228. The Kier molecular flexibility index (Phi) is 11.3. The fourth-order valence-corrected chi connectivity index (χ4v) is 3.60. The molecule has 4 atom stereocenters. The largest absolute Gasteiger partial charge is 1.00 e. The van der Waals surface area contributed by atoms with Crippen molar-refractivity contribution in [3.8, 4) is 5.75 Å². The van der Waals surface area contributed by atoms with Crippen LogP contribution in [0.5, 0.6) is 5.75 Å². The average molecular weight is 541 g/mol. The number of ether oxygens (including phenoxy) is 2. The molecule has 36 heavy (non-hydrogen) atoms. The summed E-state index contributed by atoms with van der Waals surface area (Å²) >= 11 is 0. The molecule has 4 rings (SSSR count). The molecule has 1 amide bonds. The number of para-hydroxylation sites is 1. The van der Waals surface area contributed by atoms with E-state index in [9.17, 15) is 34.2 Å². The fraction of sp³-hybridized carbons (Fsp3) is 0.333. The number of nitrogens with zero attached hydrogens (tertiary/aromatic N) is 3. The monoisotopic (exact) mass is 541 g/mol. The van der Waals surface area contributed by atoms with E-state index in [2.05, 4.69) is 24.8 Å². The minimum absolute atomic E-state index is 0. The SMILES string of the molecule is O=C(COc1ccccc1)Nc1nc2c(ncn2[C@@H]2O[C@H](COP(=O)([O-])[O-])[C@@H](O)[C@H]2O)c(=O)[nH]1.[Na+].[Na+]. The van der Waals surface area contributed by atoms with Crippen LogP contribution in [0, 0.1) is 0 Å². The van der Waals surface area contributed by atoms with Gasteiger partial charge in [0.25, 0.3) is 11.5 Å². The number of aromatic amines is 1. The molecule has 18 heteroatoms. The van der Waals surface area contributed by atoms with Gasteiger partial charge in [0, 0.05) is 0 Å². The molecule has 182 valence electrons. The van der Waals surface area contributed by atoms with Crippen LogP contribution in [0.2, 0.25) is 0 Å². The summed E-state index contributed by atoms with van der Waals surface area (Å²) in [4.78, 5) is 56.3. The number of H-pyrrole nitrogens is 1. The quantitative estimate of drug-likeness (QED) is 0.154. The Morgan fingerprint density at radius 2 is 1.92 bits per heavy atom. The van der Waals surface area contributed by atoms with Crippen molar-refractivity contribution >= 4 is 30.8 Å². The molecule has 0 spiro atoms. The number of phosphoric acid groups is 1. The van der Waals surface area contributed by atoms with Crippen molar-refractivity contribution in [1.82, 2.24) is 19.5 Å². The summed E-state index contributed by atoms with van der Waals surface area (Å²) < 4.78 is 26.7. The summed E-state index contributed by atoms with van der Waals surface area (Å²) in [5.41, 5.74) is -0.985. The summed E-state index contributed by atoms with van der Waals surface area (Å²) in [6, 6.07) is 8.56. The Labute approximate surface area is 247 Å². The number of benzene rings is 1. The van der Waals surface area contributed by atoms with Gasteiger partial charge in [-0.05, 0) is 12.1 Å². The van der Waals surface area contributed by atoms with Crippen molar-refractivity contribution in [2.75, 3.05) is 18.5 Å². The van der Waals surface area contributed by atoms with Gasteiger partial charge in [0.2, 0.25) is 5.95 Å². The zero-order valence-corrected chi connectivity index (χ0v) is 24.0. The van der Waals surface area contributed by atoms with E-state index in [4.69, 9.17) is 9.47 Å². The number of carbonyl (C=O) groups is 1. The molecule has 0 saturated carbocycles. The van der Waals surface area contributed by atoms with Gasteiger partial charge in [-0.15, -0.1) is 0 Å². The molecule has 1 aromatic carbocycles. The zero-order chi connectivity index (χ0) is 24.5. The average Bonchev–Trinajstić information content (AvgIpc) is 3.32. The van der Waals surface area contributed by atoms with E-state index in [1.165, 1.54) is 0 Å². The number of aliphatic hydroxyl groups is 2. The van der Waals surface area contributed by atoms with Crippen LogP contribution >= 0.6 is 7.82 Å². The molecule has 0 radical (unpaired) electrons. The van der Waals surface area contributed by atoms with Crippen LogP contribution in [0.15, 0.2) is 41.5 Å². The third-order valence-corrected chi connectivity index (χ3v) is 5.28. The van der Waals surface area contributed by atoms with Crippen LogP contribution in [0.25, 0.3) is 11.2 Å². The fourth-order valence-electron chi connectivity index (χ4n) is 3.27. The molecule has 1 aliphatic rings. The summed E-state index contributed by atoms with van der Waals surface area (Å²) in [5.74, 6) is -0.406. The number of aliphatic hydroxyl groups excluding tert-OH is 2. The second kappa shape index (κ2) is 13.1. The molecule has 0 aliphatic carbocycles. The number of phosphoric ester groups is 1. The number of anilines is 1.